The van der Waals surface area contributed by atoms with E-state index in [9.17, 15) is 13.2 Å². The van der Waals surface area contributed by atoms with Crippen LogP contribution < -0.4 is 10.6 Å². The second kappa shape index (κ2) is 7.42. The Balaban J connectivity index is 1.74. The number of para-hydroxylation sites is 1. The smallest absolute Gasteiger partial charge is 0.319 e. The lowest BCUT2D eigenvalue weighted by Crippen LogP contribution is -2.41. The molecule has 1 aromatic carbocycles. The quantitative estimate of drug-likeness (QED) is 0.867. The molecule has 0 aromatic heterocycles. The monoisotopic (exact) mass is 311 g/mol. The van der Waals surface area contributed by atoms with Crippen molar-refractivity contribution < 1.29 is 13.2 Å². The van der Waals surface area contributed by atoms with E-state index < -0.39 is 16.1 Å². The highest BCUT2D eigenvalue weighted by molar-refractivity contribution is 7.89. The molecule has 1 saturated heterocycles. The van der Waals surface area contributed by atoms with E-state index in [-0.39, 0.29) is 12.3 Å². The molecular formula is C14H21N3O3S. The Morgan fingerprint density at radius 1 is 1.10 bits per heavy atom. The van der Waals surface area contributed by atoms with E-state index in [0.717, 1.165) is 19.3 Å². The molecular weight excluding hydrogens is 290 g/mol. The predicted molar refractivity (Wildman–Crippen MR) is 82.7 cm³/mol. The van der Waals surface area contributed by atoms with Crippen LogP contribution in [0.4, 0.5) is 10.5 Å². The summed E-state index contributed by atoms with van der Waals surface area (Å²) in [6.07, 6.45) is 2.92. The summed E-state index contributed by atoms with van der Waals surface area (Å²) >= 11 is 0. The zero-order valence-electron chi connectivity index (χ0n) is 11.9. The van der Waals surface area contributed by atoms with Gasteiger partial charge in [-0.2, -0.15) is 0 Å². The van der Waals surface area contributed by atoms with Crippen LogP contribution in [0.1, 0.15) is 19.3 Å². The number of hydrogen-bond acceptors (Lipinski definition) is 3. The van der Waals surface area contributed by atoms with Crippen molar-refractivity contribution in [2.24, 2.45) is 0 Å². The van der Waals surface area contributed by atoms with Gasteiger partial charge in [0.05, 0.1) is 5.75 Å². The van der Waals surface area contributed by atoms with Crippen molar-refractivity contribution in [3.63, 3.8) is 0 Å². The van der Waals surface area contributed by atoms with Gasteiger partial charge in [0, 0.05) is 25.3 Å². The van der Waals surface area contributed by atoms with Gasteiger partial charge in [-0.15, -0.1) is 0 Å². The maximum atomic E-state index is 12.1. The fraction of sp³-hybridized carbons (Fsp3) is 0.500. The number of hydrogen-bond donors (Lipinski definition) is 2. The Labute approximate surface area is 125 Å². The number of sulfonamides is 1. The SMILES string of the molecule is O=C(NCCS(=O)(=O)N1CCCCC1)Nc1ccccc1. The minimum absolute atomic E-state index is 0.0603. The molecule has 0 unspecified atom stereocenters. The number of carbonyl (C=O) groups is 1. The van der Waals surface area contributed by atoms with Gasteiger partial charge in [-0.25, -0.2) is 17.5 Å². The minimum Gasteiger partial charge on any atom is -0.337 e. The van der Waals surface area contributed by atoms with Crippen molar-refractivity contribution >= 4 is 21.7 Å². The van der Waals surface area contributed by atoms with Gasteiger partial charge in [-0.1, -0.05) is 24.6 Å². The maximum Gasteiger partial charge on any atom is 0.319 e. The topological polar surface area (TPSA) is 78.5 Å². The highest BCUT2D eigenvalue weighted by Gasteiger charge is 2.23. The van der Waals surface area contributed by atoms with Gasteiger partial charge < -0.3 is 10.6 Å². The van der Waals surface area contributed by atoms with Gasteiger partial charge >= 0.3 is 6.03 Å². The first-order valence-corrected chi connectivity index (χ1v) is 8.76. The van der Waals surface area contributed by atoms with Crippen molar-refractivity contribution in [2.45, 2.75) is 19.3 Å². The summed E-state index contributed by atoms with van der Waals surface area (Å²) in [6.45, 7) is 1.30. The number of nitrogens with one attached hydrogen (secondary N) is 2. The lowest BCUT2D eigenvalue weighted by molar-refractivity contribution is 0.252. The second-order valence-corrected chi connectivity index (χ2v) is 7.11. The zero-order valence-corrected chi connectivity index (χ0v) is 12.7. The molecule has 0 bridgehead atoms. The summed E-state index contributed by atoms with van der Waals surface area (Å²) in [4.78, 5) is 11.6. The van der Waals surface area contributed by atoms with Crippen molar-refractivity contribution in [1.82, 2.24) is 9.62 Å². The predicted octanol–water partition coefficient (Wildman–Crippen LogP) is 1.62. The van der Waals surface area contributed by atoms with Gasteiger partial charge in [0.2, 0.25) is 10.0 Å². The molecule has 1 heterocycles. The molecule has 6 nitrogen and oxygen atoms in total. The first kappa shape index (κ1) is 15.8. The van der Waals surface area contributed by atoms with Gasteiger partial charge in [-0.05, 0) is 25.0 Å². The highest BCUT2D eigenvalue weighted by atomic mass is 32.2. The van der Waals surface area contributed by atoms with Crippen molar-refractivity contribution in [2.75, 3.05) is 30.7 Å². The molecule has 21 heavy (non-hydrogen) atoms. The molecule has 0 radical (unpaired) electrons. The van der Waals surface area contributed by atoms with E-state index in [0.29, 0.717) is 18.8 Å². The van der Waals surface area contributed by atoms with Crippen molar-refractivity contribution in [3.05, 3.63) is 30.3 Å². The van der Waals surface area contributed by atoms with Crippen LogP contribution in [0, 0.1) is 0 Å². The van der Waals surface area contributed by atoms with Gasteiger partial charge in [0.15, 0.2) is 0 Å². The van der Waals surface area contributed by atoms with E-state index in [4.69, 9.17) is 0 Å². The zero-order chi connectivity index (χ0) is 15.1. The van der Waals surface area contributed by atoms with Crippen LogP contribution in [0.25, 0.3) is 0 Å². The number of carbonyl (C=O) groups excluding carboxylic acids is 1. The van der Waals surface area contributed by atoms with Gasteiger partial charge in [0.25, 0.3) is 0 Å². The summed E-state index contributed by atoms with van der Waals surface area (Å²) < 4.78 is 25.7. The molecule has 1 aromatic rings. The summed E-state index contributed by atoms with van der Waals surface area (Å²) in [7, 11) is -3.26. The molecule has 0 spiro atoms. The summed E-state index contributed by atoms with van der Waals surface area (Å²) in [5, 5.41) is 5.22. The molecule has 0 atom stereocenters. The molecule has 0 aliphatic carbocycles. The molecule has 0 saturated carbocycles. The van der Waals surface area contributed by atoms with Crippen LogP contribution in [-0.2, 0) is 10.0 Å². The normalized spacial score (nSPS) is 16.4. The van der Waals surface area contributed by atoms with Crippen molar-refractivity contribution in [3.8, 4) is 0 Å². The van der Waals surface area contributed by atoms with Crippen LogP contribution in [-0.4, -0.2) is 44.1 Å². The van der Waals surface area contributed by atoms with Crippen LogP contribution in [0.2, 0.25) is 0 Å². The van der Waals surface area contributed by atoms with Gasteiger partial charge in [-0.3, -0.25) is 0 Å². The summed E-state index contributed by atoms with van der Waals surface area (Å²) in [5.41, 5.74) is 0.675. The number of anilines is 1. The van der Waals surface area contributed by atoms with E-state index in [1.54, 1.807) is 12.1 Å². The fourth-order valence-corrected chi connectivity index (χ4v) is 3.70. The third-order valence-corrected chi connectivity index (χ3v) is 5.26. The number of benzene rings is 1. The van der Waals surface area contributed by atoms with Gasteiger partial charge in [0.1, 0.15) is 0 Å². The second-order valence-electron chi connectivity index (χ2n) is 5.02. The molecule has 2 rings (SSSR count). The fourth-order valence-electron chi connectivity index (χ4n) is 2.26. The van der Waals surface area contributed by atoms with Crippen LogP contribution in [0.15, 0.2) is 30.3 Å². The largest absolute Gasteiger partial charge is 0.337 e. The van der Waals surface area contributed by atoms with Crippen LogP contribution in [0.3, 0.4) is 0 Å². The average Bonchev–Trinajstić information content (AvgIpc) is 2.49. The lowest BCUT2D eigenvalue weighted by atomic mass is 10.2. The molecule has 2 N–H and O–H groups in total. The first-order chi connectivity index (χ1) is 10.1. The molecule has 2 amide bonds. The van der Waals surface area contributed by atoms with Crippen molar-refractivity contribution in [1.29, 1.82) is 0 Å². The Kier molecular flexibility index (Phi) is 5.58. The van der Waals surface area contributed by atoms with E-state index >= 15 is 0 Å². The van der Waals surface area contributed by atoms with E-state index in [2.05, 4.69) is 10.6 Å². The van der Waals surface area contributed by atoms with E-state index in [1.165, 1.54) is 4.31 Å². The third-order valence-electron chi connectivity index (χ3n) is 3.39. The Morgan fingerprint density at radius 2 is 1.76 bits per heavy atom. The number of piperidine rings is 1. The lowest BCUT2D eigenvalue weighted by Gasteiger charge is -2.25. The van der Waals surface area contributed by atoms with Crippen LogP contribution >= 0.6 is 0 Å². The molecule has 7 heteroatoms. The number of rotatable bonds is 5. The Hall–Kier alpha value is -1.60. The van der Waals surface area contributed by atoms with E-state index in [1.807, 2.05) is 18.2 Å². The highest BCUT2D eigenvalue weighted by Crippen LogP contribution is 2.13. The van der Waals surface area contributed by atoms with Crippen LogP contribution in [0.5, 0.6) is 0 Å². The number of amides is 2. The average molecular weight is 311 g/mol. The standard InChI is InChI=1S/C14H21N3O3S/c18-14(16-13-7-3-1-4-8-13)15-9-12-21(19,20)17-10-5-2-6-11-17/h1,3-4,7-8H,2,5-6,9-12H2,(H2,15,16,18). The molecule has 1 aliphatic heterocycles. The first-order valence-electron chi connectivity index (χ1n) is 7.16. The number of nitrogens with zero attached hydrogens (tertiary/aromatic N) is 1. The Bertz CT molecular complexity index is 554. The third kappa shape index (κ3) is 5.02. The minimum atomic E-state index is -3.26. The summed E-state index contributed by atoms with van der Waals surface area (Å²) in [5.74, 6) is -0.0603. The molecule has 116 valence electrons. The maximum absolute atomic E-state index is 12.1. The summed E-state index contributed by atoms with van der Waals surface area (Å²) in [6, 6.07) is 8.63. The molecule has 1 fully saturated rings. The Morgan fingerprint density at radius 3 is 2.43 bits per heavy atom. The number of urea groups is 1. The molecule has 1 aliphatic rings.